The van der Waals surface area contributed by atoms with Gasteiger partial charge in [0, 0.05) is 18.3 Å². The van der Waals surface area contributed by atoms with E-state index in [1.807, 2.05) is 18.3 Å². The van der Waals surface area contributed by atoms with Crippen molar-refractivity contribution in [2.75, 3.05) is 25.6 Å². The largest absolute Gasteiger partial charge is 0.493 e. The first-order chi connectivity index (χ1) is 16.1. The number of hydrogen-bond donors (Lipinski definition) is 2. The molecule has 178 valence electrons. The number of benzene rings is 2. The number of nitrogens with zero attached hydrogens (tertiary/aromatic N) is 1. The van der Waals surface area contributed by atoms with Crippen LogP contribution in [0.1, 0.15) is 56.6 Å². The van der Waals surface area contributed by atoms with Crippen LogP contribution < -0.4 is 20.5 Å². The van der Waals surface area contributed by atoms with E-state index in [-0.39, 0.29) is 0 Å². The molecule has 0 amide bonds. The molecule has 0 aliphatic rings. The van der Waals surface area contributed by atoms with Gasteiger partial charge in [-0.2, -0.15) is 0 Å². The predicted molar refractivity (Wildman–Crippen MR) is 139 cm³/mol. The van der Waals surface area contributed by atoms with Crippen LogP contribution >= 0.6 is 0 Å². The van der Waals surface area contributed by atoms with Gasteiger partial charge in [0.2, 0.25) is 0 Å². The first-order valence-corrected chi connectivity index (χ1v) is 12.2. The summed E-state index contributed by atoms with van der Waals surface area (Å²) in [6.07, 6.45) is 9.59. The van der Waals surface area contributed by atoms with Gasteiger partial charge in [0.1, 0.15) is 0 Å². The summed E-state index contributed by atoms with van der Waals surface area (Å²) in [6, 6.07) is 15.0. The van der Waals surface area contributed by atoms with Crippen LogP contribution in [0, 0.1) is 6.92 Å². The molecule has 5 nitrogen and oxygen atoms in total. The van der Waals surface area contributed by atoms with Crippen LogP contribution in [-0.2, 0) is 6.42 Å². The molecule has 1 aromatic heterocycles. The van der Waals surface area contributed by atoms with Crippen LogP contribution in [0.15, 0.2) is 48.7 Å². The lowest BCUT2D eigenvalue weighted by atomic mass is 10.1. The lowest BCUT2D eigenvalue weighted by Gasteiger charge is -2.20. The molecule has 1 heterocycles. The average Bonchev–Trinajstić information content (AvgIpc) is 2.83. The second-order valence-electron chi connectivity index (χ2n) is 8.78. The van der Waals surface area contributed by atoms with Crippen LogP contribution in [0.2, 0.25) is 0 Å². The Morgan fingerprint density at radius 2 is 1.82 bits per heavy atom. The second-order valence-corrected chi connectivity index (χ2v) is 8.78. The third kappa shape index (κ3) is 7.10. The maximum absolute atomic E-state index is 6.30. The number of anilines is 1. The normalized spacial score (nSPS) is 12.0. The molecule has 1 atom stereocenters. The van der Waals surface area contributed by atoms with Crippen LogP contribution in [0.25, 0.3) is 10.9 Å². The number of aryl methyl sites for hydroxylation is 2. The van der Waals surface area contributed by atoms with E-state index in [1.54, 1.807) is 7.11 Å². The number of nitrogens with one attached hydrogen (secondary N) is 1. The summed E-state index contributed by atoms with van der Waals surface area (Å²) in [4.78, 5) is 4.69. The Balaban J connectivity index is 1.63. The Morgan fingerprint density at radius 1 is 1.03 bits per heavy atom. The van der Waals surface area contributed by atoms with Crippen LogP contribution in [-0.4, -0.2) is 31.3 Å². The highest BCUT2D eigenvalue weighted by Gasteiger charge is 2.18. The molecule has 2 aromatic carbocycles. The van der Waals surface area contributed by atoms with Crippen molar-refractivity contribution in [2.24, 2.45) is 5.73 Å². The highest BCUT2D eigenvalue weighted by atomic mass is 16.5. The molecule has 0 fully saturated rings. The lowest BCUT2D eigenvalue weighted by Crippen LogP contribution is -2.17. The molecule has 0 aliphatic carbocycles. The van der Waals surface area contributed by atoms with Crippen molar-refractivity contribution >= 4 is 16.6 Å². The van der Waals surface area contributed by atoms with Gasteiger partial charge in [0.15, 0.2) is 11.5 Å². The number of ether oxygens (including phenoxy) is 2. The van der Waals surface area contributed by atoms with E-state index < -0.39 is 0 Å². The first kappa shape index (κ1) is 24.8. The molecule has 5 heteroatoms. The summed E-state index contributed by atoms with van der Waals surface area (Å²) in [7, 11) is 1.70. The molecular formula is C28H39N3O2. The molecule has 0 radical (unpaired) electrons. The van der Waals surface area contributed by atoms with Gasteiger partial charge in [-0.1, -0.05) is 43.2 Å². The molecule has 0 aliphatic heterocycles. The fraction of sp³-hybridized carbons (Fsp3) is 0.464. The van der Waals surface area contributed by atoms with Gasteiger partial charge in [0.25, 0.3) is 0 Å². The highest BCUT2D eigenvalue weighted by Crippen LogP contribution is 2.41. The van der Waals surface area contributed by atoms with E-state index in [4.69, 9.17) is 15.2 Å². The number of pyridine rings is 1. The topological polar surface area (TPSA) is 69.4 Å². The van der Waals surface area contributed by atoms with Crippen molar-refractivity contribution in [3.05, 3.63) is 59.8 Å². The summed E-state index contributed by atoms with van der Waals surface area (Å²) in [6.45, 7) is 5.64. The molecule has 1 unspecified atom stereocenters. The van der Waals surface area contributed by atoms with Crippen molar-refractivity contribution in [2.45, 2.75) is 64.8 Å². The second kappa shape index (κ2) is 13.0. The van der Waals surface area contributed by atoms with Gasteiger partial charge in [-0.25, -0.2) is 0 Å². The van der Waals surface area contributed by atoms with Gasteiger partial charge < -0.3 is 20.5 Å². The van der Waals surface area contributed by atoms with Gasteiger partial charge >= 0.3 is 0 Å². The minimum Gasteiger partial charge on any atom is -0.493 e. The smallest absolute Gasteiger partial charge is 0.170 e. The molecule has 3 rings (SSSR count). The standard InChI is InChI=1S/C28H39N3O2/c1-21-16-18-30-27-24(31-22(2)12-11-17-29)20-25(32-3)28(26(21)27)33-19-10-5-4-7-13-23-14-8-6-9-15-23/h6,8-9,14-16,18,20,22,31H,4-5,7,10-13,17,19,29H2,1-3H3. The van der Waals surface area contributed by atoms with E-state index in [0.717, 1.165) is 65.8 Å². The maximum Gasteiger partial charge on any atom is 0.170 e. The third-order valence-corrected chi connectivity index (χ3v) is 6.05. The third-order valence-electron chi connectivity index (χ3n) is 6.05. The van der Waals surface area contributed by atoms with Gasteiger partial charge in [0.05, 0.1) is 30.3 Å². The number of aromatic nitrogens is 1. The molecule has 3 aromatic rings. The van der Waals surface area contributed by atoms with E-state index in [2.05, 4.69) is 54.5 Å². The summed E-state index contributed by atoms with van der Waals surface area (Å²) in [5, 5.41) is 4.62. The number of hydrogen-bond acceptors (Lipinski definition) is 5. The zero-order valence-corrected chi connectivity index (χ0v) is 20.4. The predicted octanol–water partition coefficient (Wildman–Crippen LogP) is 6.27. The zero-order valence-electron chi connectivity index (χ0n) is 20.4. The summed E-state index contributed by atoms with van der Waals surface area (Å²) < 4.78 is 12.0. The zero-order chi connectivity index (χ0) is 23.5. The van der Waals surface area contributed by atoms with E-state index in [0.29, 0.717) is 19.2 Å². The van der Waals surface area contributed by atoms with Crippen LogP contribution in [0.4, 0.5) is 5.69 Å². The summed E-state index contributed by atoms with van der Waals surface area (Å²) in [5.41, 5.74) is 10.1. The molecule has 0 saturated heterocycles. The molecule has 3 N–H and O–H groups in total. The number of methoxy groups -OCH3 is 1. The molecule has 33 heavy (non-hydrogen) atoms. The Morgan fingerprint density at radius 3 is 2.58 bits per heavy atom. The van der Waals surface area contributed by atoms with E-state index in [1.165, 1.54) is 18.4 Å². The van der Waals surface area contributed by atoms with E-state index in [9.17, 15) is 0 Å². The SMILES string of the molecule is COc1cc(NC(C)CCCN)c2nccc(C)c2c1OCCCCCCc1ccccc1. The molecule has 0 saturated carbocycles. The van der Waals surface area contributed by atoms with Crippen molar-refractivity contribution in [3.63, 3.8) is 0 Å². The van der Waals surface area contributed by atoms with Gasteiger partial charge in [-0.3, -0.25) is 4.98 Å². The van der Waals surface area contributed by atoms with Gasteiger partial charge in [-0.05, 0) is 69.7 Å². The van der Waals surface area contributed by atoms with Crippen molar-refractivity contribution < 1.29 is 9.47 Å². The number of rotatable bonds is 14. The van der Waals surface area contributed by atoms with Gasteiger partial charge in [-0.15, -0.1) is 0 Å². The Labute approximate surface area is 198 Å². The molecule has 0 spiro atoms. The van der Waals surface area contributed by atoms with Crippen molar-refractivity contribution in [1.29, 1.82) is 0 Å². The fourth-order valence-electron chi connectivity index (χ4n) is 4.21. The van der Waals surface area contributed by atoms with Crippen molar-refractivity contribution in [1.82, 2.24) is 4.98 Å². The minimum absolute atomic E-state index is 0.298. The summed E-state index contributed by atoms with van der Waals surface area (Å²) >= 11 is 0. The first-order valence-electron chi connectivity index (χ1n) is 12.2. The summed E-state index contributed by atoms with van der Waals surface area (Å²) in [5.74, 6) is 1.54. The molecule has 0 bridgehead atoms. The Hall–Kier alpha value is -2.79. The minimum atomic E-state index is 0.298. The van der Waals surface area contributed by atoms with Crippen molar-refractivity contribution in [3.8, 4) is 11.5 Å². The van der Waals surface area contributed by atoms with Crippen LogP contribution in [0.5, 0.6) is 11.5 Å². The average molecular weight is 450 g/mol. The van der Waals surface area contributed by atoms with E-state index >= 15 is 0 Å². The maximum atomic E-state index is 6.30. The quantitative estimate of drug-likeness (QED) is 0.284. The monoisotopic (exact) mass is 449 g/mol. The van der Waals surface area contributed by atoms with Crippen LogP contribution in [0.3, 0.4) is 0 Å². The number of nitrogens with two attached hydrogens (primary N) is 1. The Kier molecular flexibility index (Phi) is 9.82. The number of fused-ring (bicyclic) bond motifs is 1. The fourth-order valence-corrected chi connectivity index (χ4v) is 4.21. The number of unbranched alkanes of at least 4 members (excludes halogenated alkanes) is 3. The molecular weight excluding hydrogens is 410 g/mol. The lowest BCUT2D eigenvalue weighted by molar-refractivity contribution is 0.288. The highest BCUT2D eigenvalue weighted by molar-refractivity contribution is 5.99. The Bertz CT molecular complexity index is 991.